The zero-order chi connectivity index (χ0) is 11.0. The molecule has 2 aromatic rings. The second kappa shape index (κ2) is 3.56. The van der Waals surface area contributed by atoms with Crippen molar-refractivity contribution < 1.29 is 9.21 Å². The number of fused-ring (bicyclic) bond motifs is 1. The summed E-state index contributed by atoms with van der Waals surface area (Å²) in [6, 6.07) is 3.64. The van der Waals surface area contributed by atoms with E-state index in [1.165, 1.54) is 0 Å². The fraction of sp³-hybridized carbons (Fsp3) is 0.250. The van der Waals surface area contributed by atoms with E-state index >= 15 is 0 Å². The molecule has 0 aromatic carbocycles. The lowest BCUT2D eigenvalue weighted by molar-refractivity contribution is 0.0965. The molecule has 0 saturated heterocycles. The summed E-state index contributed by atoms with van der Waals surface area (Å²) in [6.45, 7) is 0. The Balaban J connectivity index is 2.08. The van der Waals surface area contributed by atoms with E-state index in [9.17, 15) is 4.79 Å². The third-order valence-electron chi connectivity index (χ3n) is 2.70. The van der Waals surface area contributed by atoms with Crippen molar-refractivity contribution in [2.75, 3.05) is 0 Å². The van der Waals surface area contributed by atoms with Crippen molar-refractivity contribution >= 4 is 5.78 Å². The van der Waals surface area contributed by atoms with Crippen LogP contribution in [-0.2, 0) is 6.42 Å². The van der Waals surface area contributed by atoms with Gasteiger partial charge < -0.3 is 4.42 Å². The predicted octanol–water partition coefficient (Wildman–Crippen LogP) is 2.26. The summed E-state index contributed by atoms with van der Waals surface area (Å²) in [5.74, 6) is 1.33. The van der Waals surface area contributed by atoms with Crippen molar-refractivity contribution in [3.8, 4) is 11.5 Å². The SMILES string of the molecule is O=C1CCCc2oc(-c3ccncc3)nc21. The van der Waals surface area contributed by atoms with Gasteiger partial charge in [-0.25, -0.2) is 4.98 Å². The van der Waals surface area contributed by atoms with E-state index in [2.05, 4.69) is 9.97 Å². The highest BCUT2D eigenvalue weighted by Crippen LogP contribution is 2.26. The number of oxazole rings is 1. The molecule has 2 aromatic heterocycles. The molecule has 16 heavy (non-hydrogen) atoms. The Labute approximate surface area is 92.3 Å². The van der Waals surface area contributed by atoms with Crippen LogP contribution in [0.1, 0.15) is 29.1 Å². The maximum absolute atomic E-state index is 11.6. The van der Waals surface area contributed by atoms with Crippen LogP contribution in [-0.4, -0.2) is 15.8 Å². The van der Waals surface area contributed by atoms with Gasteiger partial charge in [0.2, 0.25) is 5.89 Å². The lowest BCUT2D eigenvalue weighted by atomic mass is 10.0. The average Bonchev–Trinajstić information content (AvgIpc) is 2.76. The fourth-order valence-electron chi connectivity index (χ4n) is 1.88. The van der Waals surface area contributed by atoms with Crippen molar-refractivity contribution in [2.24, 2.45) is 0 Å². The number of pyridine rings is 1. The number of carbonyl (C=O) groups excluding carboxylic acids is 1. The van der Waals surface area contributed by atoms with Crippen LogP contribution in [0.15, 0.2) is 28.9 Å². The van der Waals surface area contributed by atoms with Crippen LogP contribution in [0.25, 0.3) is 11.5 Å². The van der Waals surface area contributed by atoms with Crippen molar-refractivity contribution in [3.05, 3.63) is 36.0 Å². The zero-order valence-corrected chi connectivity index (χ0v) is 8.64. The van der Waals surface area contributed by atoms with Crippen LogP contribution in [0.4, 0.5) is 0 Å². The van der Waals surface area contributed by atoms with E-state index < -0.39 is 0 Å². The molecular weight excluding hydrogens is 204 g/mol. The molecule has 0 atom stereocenters. The predicted molar refractivity (Wildman–Crippen MR) is 57.0 cm³/mol. The zero-order valence-electron chi connectivity index (χ0n) is 8.64. The Bertz CT molecular complexity index is 531. The highest BCUT2D eigenvalue weighted by molar-refractivity contribution is 5.96. The molecule has 4 nitrogen and oxygen atoms in total. The van der Waals surface area contributed by atoms with E-state index in [4.69, 9.17) is 4.42 Å². The first-order chi connectivity index (χ1) is 7.84. The van der Waals surface area contributed by atoms with Gasteiger partial charge in [-0.1, -0.05) is 0 Å². The molecule has 0 radical (unpaired) electrons. The first kappa shape index (κ1) is 9.27. The lowest BCUT2D eigenvalue weighted by Gasteiger charge is -2.04. The van der Waals surface area contributed by atoms with Crippen molar-refractivity contribution in [1.82, 2.24) is 9.97 Å². The van der Waals surface area contributed by atoms with E-state index in [-0.39, 0.29) is 5.78 Å². The van der Waals surface area contributed by atoms with Gasteiger partial charge in [-0.2, -0.15) is 0 Å². The first-order valence-electron chi connectivity index (χ1n) is 5.28. The van der Waals surface area contributed by atoms with Crippen LogP contribution in [0.2, 0.25) is 0 Å². The molecule has 0 aliphatic heterocycles. The molecule has 4 heteroatoms. The van der Waals surface area contributed by atoms with E-state index in [0.29, 0.717) is 18.0 Å². The van der Waals surface area contributed by atoms with Gasteiger partial charge in [0.1, 0.15) is 11.5 Å². The van der Waals surface area contributed by atoms with Gasteiger partial charge in [0.15, 0.2) is 5.78 Å². The number of ketones is 1. The highest BCUT2D eigenvalue weighted by atomic mass is 16.4. The summed E-state index contributed by atoms with van der Waals surface area (Å²) in [6.07, 6.45) is 5.60. The Morgan fingerprint density at radius 1 is 1.19 bits per heavy atom. The molecule has 0 bridgehead atoms. The molecule has 0 spiro atoms. The van der Waals surface area contributed by atoms with Gasteiger partial charge in [0.05, 0.1) is 0 Å². The second-order valence-corrected chi connectivity index (χ2v) is 3.80. The number of carbonyl (C=O) groups is 1. The summed E-state index contributed by atoms with van der Waals surface area (Å²) in [5.41, 5.74) is 1.37. The third-order valence-corrected chi connectivity index (χ3v) is 2.70. The average molecular weight is 214 g/mol. The smallest absolute Gasteiger partial charge is 0.227 e. The number of aromatic nitrogens is 2. The molecule has 0 unspecified atom stereocenters. The van der Waals surface area contributed by atoms with Crippen molar-refractivity contribution in [2.45, 2.75) is 19.3 Å². The van der Waals surface area contributed by atoms with Crippen molar-refractivity contribution in [1.29, 1.82) is 0 Å². The van der Waals surface area contributed by atoms with Gasteiger partial charge in [-0.15, -0.1) is 0 Å². The minimum absolute atomic E-state index is 0.0882. The summed E-state index contributed by atoms with van der Waals surface area (Å²) in [4.78, 5) is 19.8. The summed E-state index contributed by atoms with van der Waals surface area (Å²) < 4.78 is 5.60. The Morgan fingerprint density at radius 3 is 2.75 bits per heavy atom. The topological polar surface area (TPSA) is 56.0 Å². The van der Waals surface area contributed by atoms with Gasteiger partial charge in [0, 0.05) is 30.8 Å². The van der Waals surface area contributed by atoms with Crippen LogP contribution < -0.4 is 0 Å². The van der Waals surface area contributed by atoms with Crippen LogP contribution in [0, 0.1) is 0 Å². The van der Waals surface area contributed by atoms with Gasteiger partial charge in [0.25, 0.3) is 0 Å². The quantitative estimate of drug-likeness (QED) is 0.730. The highest BCUT2D eigenvalue weighted by Gasteiger charge is 2.24. The molecule has 1 aliphatic carbocycles. The van der Waals surface area contributed by atoms with Gasteiger partial charge in [-0.05, 0) is 18.6 Å². The fourth-order valence-corrected chi connectivity index (χ4v) is 1.88. The Kier molecular flexibility index (Phi) is 2.06. The Morgan fingerprint density at radius 2 is 2.00 bits per heavy atom. The summed E-state index contributed by atoms with van der Waals surface area (Å²) in [5, 5.41) is 0. The van der Waals surface area contributed by atoms with E-state index in [1.807, 2.05) is 12.1 Å². The molecule has 3 rings (SSSR count). The molecule has 0 N–H and O–H groups in total. The minimum atomic E-state index is 0.0882. The molecule has 2 heterocycles. The van der Waals surface area contributed by atoms with Gasteiger partial charge in [-0.3, -0.25) is 9.78 Å². The second-order valence-electron chi connectivity index (χ2n) is 3.80. The number of hydrogen-bond acceptors (Lipinski definition) is 4. The molecule has 0 fully saturated rings. The Hall–Kier alpha value is -1.97. The van der Waals surface area contributed by atoms with Crippen LogP contribution in [0.3, 0.4) is 0 Å². The molecule has 80 valence electrons. The molecule has 1 aliphatic rings. The van der Waals surface area contributed by atoms with E-state index in [1.54, 1.807) is 12.4 Å². The minimum Gasteiger partial charge on any atom is -0.440 e. The van der Waals surface area contributed by atoms with Crippen molar-refractivity contribution in [3.63, 3.8) is 0 Å². The third kappa shape index (κ3) is 1.43. The number of hydrogen-bond donors (Lipinski definition) is 0. The number of Topliss-reactive ketones (excluding diaryl/α,β-unsaturated/α-hetero) is 1. The maximum Gasteiger partial charge on any atom is 0.227 e. The molecule has 0 saturated carbocycles. The largest absolute Gasteiger partial charge is 0.440 e. The van der Waals surface area contributed by atoms with Gasteiger partial charge >= 0.3 is 0 Å². The van der Waals surface area contributed by atoms with Crippen LogP contribution >= 0.6 is 0 Å². The number of nitrogens with zero attached hydrogens (tertiary/aromatic N) is 2. The number of rotatable bonds is 1. The summed E-state index contributed by atoms with van der Waals surface area (Å²) in [7, 11) is 0. The maximum atomic E-state index is 11.6. The standard InChI is InChI=1S/C12H10N2O2/c15-9-2-1-3-10-11(9)14-12(16-10)8-4-6-13-7-5-8/h4-7H,1-3H2. The van der Waals surface area contributed by atoms with E-state index in [0.717, 1.165) is 24.2 Å². The molecule has 0 amide bonds. The normalized spacial score (nSPS) is 14.9. The molecular formula is C12H10N2O2. The lowest BCUT2D eigenvalue weighted by Crippen LogP contribution is -2.09. The summed E-state index contributed by atoms with van der Waals surface area (Å²) >= 11 is 0. The monoisotopic (exact) mass is 214 g/mol. The first-order valence-corrected chi connectivity index (χ1v) is 5.28. The number of aryl methyl sites for hydroxylation is 1. The van der Waals surface area contributed by atoms with Crippen LogP contribution in [0.5, 0.6) is 0 Å².